The summed E-state index contributed by atoms with van der Waals surface area (Å²) in [5.74, 6) is -0.0225. The summed E-state index contributed by atoms with van der Waals surface area (Å²) in [4.78, 5) is 15.3. The zero-order valence-electron chi connectivity index (χ0n) is 24.4. The van der Waals surface area contributed by atoms with Crippen LogP contribution in [0.1, 0.15) is 59.6 Å². The van der Waals surface area contributed by atoms with Gasteiger partial charge in [-0.05, 0) is 67.6 Å². The molecule has 1 N–H and O–H groups in total. The summed E-state index contributed by atoms with van der Waals surface area (Å²) < 4.78 is 33.9. The lowest BCUT2D eigenvalue weighted by Gasteiger charge is -2.30. The minimum absolute atomic E-state index is 0.0276. The number of carbonyl (C=O) groups excluding carboxylic acids is 1. The van der Waals surface area contributed by atoms with Crippen LogP contribution in [-0.4, -0.2) is 52.6 Å². The van der Waals surface area contributed by atoms with Gasteiger partial charge in [0.2, 0.25) is 15.9 Å². The second kappa shape index (κ2) is 10.9. The molecule has 1 atom stereocenters. The molecule has 0 fully saturated rings. The molecule has 1 aliphatic rings. The number of fused-ring (bicyclic) bond motifs is 2. The maximum atomic E-state index is 12.9. The van der Waals surface area contributed by atoms with E-state index in [9.17, 15) is 13.2 Å². The van der Waals surface area contributed by atoms with Crippen molar-refractivity contribution >= 4 is 27.0 Å². The van der Waals surface area contributed by atoms with E-state index in [1.165, 1.54) is 0 Å². The molecule has 9 nitrogen and oxygen atoms in total. The van der Waals surface area contributed by atoms with Gasteiger partial charge in [-0.3, -0.25) is 14.4 Å². The Morgan fingerprint density at radius 3 is 2.63 bits per heavy atom. The molecule has 10 heteroatoms. The number of ether oxygens (including phenoxy) is 1. The monoisotopic (exact) mass is 575 g/mol. The first-order chi connectivity index (χ1) is 19.3. The Kier molecular flexibility index (Phi) is 7.65. The molecule has 0 radical (unpaired) electrons. The molecule has 0 bridgehead atoms. The molecule has 0 saturated carbocycles. The highest BCUT2D eigenvalue weighted by atomic mass is 32.2. The molecular weight excluding hydrogens is 538 g/mol. The number of carbonyl (C=O) groups is 1. The zero-order chi connectivity index (χ0) is 29.5. The molecule has 3 aromatic carbocycles. The summed E-state index contributed by atoms with van der Waals surface area (Å²) in [5, 5.41) is 8.50. The number of benzene rings is 3. The van der Waals surface area contributed by atoms with E-state index in [2.05, 4.69) is 58.9 Å². The van der Waals surface area contributed by atoms with E-state index in [4.69, 9.17) is 4.74 Å². The van der Waals surface area contributed by atoms with Crippen LogP contribution in [0.15, 0.2) is 54.6 Å². The number of hydrogen-bond donors (Lipinski definition) is 1. The minimum Gasteiger partial charge on any atom is -0.486 e. The highest BCUT2D eigenvalue weighted by Gasteiger charge is 2.30. The van der Waals surface area contributed by atoms with Gasteiger partial charge in [-0.15, -0.1) is 5.10 Å². The Hall–Kier alpha value is -3.76. The fourth-order valence-corrected chi connectivity index (χ4v) is 6.29. The quantitative estimate of drug-likeness (QED) is 0.349. The number of rotatable bonds is 7. The Morgan fingerprint density at radius 1 is 1.12 bits per heavy atom. The van der Waals surface area contributed by atoms with E-state index in [0.717, 1.165) is 69.5 Å². The van der Waals surface area contributed by atoms with Crippen molar-refractivity contribution in [3.63, 3.8) is 0 Å². The number of aromatic nitrogens is 3. The predicted octanol–water partition coefficient (Wildman–Crippen LogP) is 4.36. The highest BCUT2D eigenvalue weighted by Crippen LogP contribution is 2.35. The Morgan fingerprint density at radius 2 is 1.88 bits per heavy atom. The van der Waals surface area contributed by atoms with Crippen LogP contribution in [0.2, 0.25) is 0 Å². The number of para-hydroxylation sites is 1. The third-order valence-electron chi connectivity index (χ3n) is 7.67. The van der Waals surface area contributed by atoms with Gasteiger partial charge in [0.15, 0.2) is 0 Å². The van der Waals surface area contributed by atoms with Crippen molar-refractivity contribution in [2.45, 2.75) is 58.7 Å². The third kappa shape index (κ3) is 6.44. The van der Waals surface area contributed by atoms with Gasteiger partial charge in [0.1, 0.15) is 16.9 Å². The second-order valence-electron chi connectivity index (χ2n) is 11.7. The molecular formula is C31H37N5O4S. The predicted molar refractivity (Wildman–Crippen MR) is 159 cm³/mol. The van der Waals surface area contributed by atoms with Crippen LogP contribution in [0.25, 0.3) is 11.0 Å². The van der Waals surface area contributed by atoms with Gasteiger partial charge in [0.05, 0.1) is 11.8 Å². The van der Waals surface area contributed by atoms with E-state index in [-0.39, 0.29) is 17.9 Å². The van der Waals surface area contributed by atoms with Crippen molar-refractivity contribution in [2.24, 2.45) is 7.05 Å². The van der Waals surface area contributed by atoms with Crippen LogP contribution in [0.3, 0.4) is 0 Å². The van der Waals surface area contributed by atoms with Gasteiger partial charge in [0.25, 0.3) is 0 Å². The summed E-state index contributed by atoms with van der Waals surface area (Å²) in [6, 6.07) is 18.4. The Bertz CT molecular complexity index is 1730. The standard InChI is InChI=1S/C31H37N5O4S/c1-20-11-12-22(15-24(20)18-36-17-23-9-7-8-10-28(23)40-31(3,4)19-36)26(16-29(37)33-41(6,38)39)25-13-14-27-30(21(25)2)32-34-35(27)5/h7-15,26H,16-19H2,1-6H3,(H,33,37). The molecule has 1 unspecified atom stereocenters. The van der Waals surface area contributed by atoms with Crippen molar-refractivity contribution < 1.29 is 17.9 Å². The van der Waals surface area contributed by atoms with Gasteiger partial charge >= 0.3 is 0 Å². The average molecular weight is 576 g/mol. The Labute approximate surface area is 241 Å². The van der Waals surface area contributed by atoms with Crippen molar-refractivity contribution in [1.82, 2.24) is 24.6 Å². The van der Waals surface area contributed by atoms with Crippen LogP contribution in [0, 0.1) is 13.8 Å². The third-order valence-corrected chi connectivity index (χ3v) is 8.27. The molecule has 0 spiro atoms. The van der Waals surface area contributed by atoms with Gasteiger partial charge in [-0.25, -0.2) is 13.1 Å². The molecule has 216 valence electrons. The fourth-order valence-electron chi connectivity index (χ4n) is 5.80. The molecule has 5 rings (SSSR count). The van der Waals surface area contributed by atoms with Gasteiger partial charge < -0.3 is 4.74 Å². The Balaban J connectivity index is 1.53. The maximum Gasteiger partial charge on any atom is 0.234 e. The molecule has 0 saturated heterocycles. The molecule has 1 aromatic heterocycles. The van der Waals surface area contributed by atoms with Crippen LogP contribution in [0.5, 0.6) is 5.75 Å². The van der Waals surface area contributed by atoms with Crippen molar-refractivity contribution in [2.75, 3.05) is 12.8 Å². The molecule has 0 aliphatic carbocycles. The van der Waals surface area contributed by atoms with E-state index in [0.29, 0.717) is 6.54 Å². The second-order valence-corrected chi connectivity index (χ2v) is 13.5. The fraction of sp³-hybridized carbons (Fsp3) is 0.387. The van der Waals surface area contributed by atoms with E-state index in [1.807, 2.05) is 50.4 Å². The summed E-state index contributed by atoms with van der Waals surface area (Å²) in [5.41, 5.74) is 7.48. The van der Waals surface area contributed by atoms with Crippen LogP contribution in [0.4, 0.5) is 0 Å². The highest BCUT2D eigenvalue weighted by molar-refractivity contribution is 7.89. The number of aryl methyl sites for hydroxylation is 3. The minimum atomic E-state index is -3.69. The van der Waals surface area contributed by atoms with E-state index < -0.39 is 15.9 Å². The summed E-state index contributed by atoms with van der Waals surface area (Å²) in [6.45, 7) is 10.5. The lowest BCUT2D eigenvalue weighted by atomic mass is 9.84. The lowest BCUT2D eigenvalue weighted by molar-refractivity contribution is -0.119. The summed E-state index contributed by atoms with van der Waals surface area (Å²) in [6.07, 6.45) is 0.964. The van der Waals surface area contributed by atoms with Crippen molar-refractivity contribution in [1.29, 1.82) is 0 Å². The topological polar surface area (TPSA) is 106 Å². The number of sulfonamides is 1. The number of nitrogens with zero attached hydrogens (tertiary/aromatic N) is 4. The summed E-state index contributed by atoms with van der Waals surface area (Å²) >= 11 is 0. The zero-order valence-corrected chi connectivity index (χ0v) is 25.2. The van der Waals surface area contributed by atoms with Gasteiger partial charge in [0, 0.05) is 44.6 Å². The first-order valence-corrected chi connectivity index (χ1v) is 15.6. The van der Waals surface area contributed by atoms with Gasteiger partial charge in [-0.1, -0.05) is 47.7 Å². The lowest BCUT2D eigenvalue weighted by Crippen LogP contribution is -2.40. The largest absolute Gasteiger partial charge is 0.486 e. The first-order valence-electron chi connectivity index (χ1n) is 13.7. The molecule has 1 amide bonds. The summed E-state index contributed by atoms with van der Waals surface area (Å²) in [7, 11) is -1.85. The van der Waals surface area contributed by atoms with Crippen LogP contribution < -0.4 is 9.46 Å². The van der Waals surface area contributed by atoms with Crippen LogP contribution in [-0.2, 0) is 35.0 Å². The molecule has 1 aliphatic heterocycles. The SMILES string of the molecule is Cc1ccc(C(CC(=O)NS(C)(=O)=O)c2ccc3c(nnn3C)c2C)cc1CN1Cc2ccccc2OC(C)(C)C1. The number of hydrogen-bond acceptors (Lipinski definition) is 7. The van der Waals surface area contributed by atoms with Crippen molar-refractivity contribution in [3.8, 4) is 5.75 Å². The first kappa shape index (κ1) is 28.8. The van der Waals surface area contributed by atoms with Crippen molar-refractivity contribution in [3.05, 3.63) is 88.0 Å². The number of amides is 1. The smallest absolute Gasteiger partial charge is 0.234 e. The van der Waals surface area contributed by atoms with Gasteiger partial charge in [-0.2, -0.15) is 0 Å². The van der Waals surface area contributed by atoms with Crippen LogP contribution >= 0.6 is 0 Å². The normalized spacial score (nSPS) is 16.0. The maximum absolute atomic E-state index is 12.9. The van der Waals surface area contributed by atoms with E-state index >= 15 is 0 Å². The molecule has 41 heavy (non-hydrogen) atoms. The number of nitrogens with one attached hydrogen (secondary N) is 1. The average Bonchev–Trinajstić information content (AvgIpc) is 3.19. The molecule has 2 heterocycles. The molecule has 4 aromatic rings. The van der Waals surface area contributed by atoms with E-state index in [1.54, 1.807) is 4.68 Å².